The molecule has 12 nitrogen and oxygen atoms in total. The molecule has 1 aliphatic carbocycles. The van der Waals surface area contributed by atoms with Gasteiger partial charge in [0.2, 0.25) is 0 Å². The molecule has 53 heavy (non-hydrogen) atoms. The second-order valence-corrected chi connectivity index (χ2v) is 17.5. The highest BCUT2D eigenvalue weighted by atomic mass is 32.1. The van der Waals surface area contributed by atoms with E-state index in [4.69, 9.17) is 29.9 Å². The summed E-state index contributed by atoms with van der Waals surface area (Å²) in [6.07, 6.45) is 5.72. The van der Waals surface area contributed by atoms with Gasteiger partial charge in [0.15, 0.2) is 11.6 Å². The molecule has 1 aromatic carbocycles. The van der Waals surface area contributed by atoms with Gasteiger partial charge in [-0.25, -0.2) is 8.78 Å². The first-order chi connectivity index (χ1) is 25.6. The number of piperazine rings is 1. The molecule has 0 amide bonds. The first kappa shape index (κ1) is 33.8. The Morgan fingerprint density at radius 2 is 1.87 bits per heavy atom. The van der Waals surface area contributed by atoms with Gasteiger partial charge in [-0.3, -0.25) is 9.88 Å². The Balaban J connectivity index is 1.08. The van der Waals surface area contributed by atoms with E-state index in [2.05, 4.69) is 25.8 Å². The van der Waals surface area contributed by atoms with Crippen LogP contribution in [0.15, 0.2) is 6.20 Å². The van der Waals surface area contributed by atoms with E-state index in [0.29, 0.717) is 35.3 Å². The van der Waals surface area contributed by atoms with E-state index < -0.39 is 17.7 Å². The Morgan fingerprint density at radius 3 is 2.57 bits per heavy atom. The molecule has 15 heteroatoms. The average molecular weight is 745 g/mol. The lowest BCUT2D eigenvalue weighted by atomic mass is 9.78. The molecule has 3 N–H and O–H groups in total. The third-order valence-electron chi connectivity index (χ3n) is 12.5. The maximum Gasteiger partial charge on any atom is 0.319 e. The van der Waals surface area contributed by atoms with Crippen LogP contribution in [0.4, 0.5) is 19.6 Å². The molecule has 3 atom stereocenters. The normalized spacial score (nSPS) is 24.9. The summed E-state index contributed by atoms with van der Waals surface area (Å²) in [5.74, 6) is -0.634. The number of fused-ring (bicyclic) bond motifs is 6. The summed E-state index contributed by atoms with van der Waals surface area (Å²) in [7, 11) is 0. The summed E-state index contributed by atoms with van der Waals surface area (Å²) in [5, 5.41) is 21.1. The number of nitriles is 1. The van der Waals surface area contributed by atoms with Gasteiger partial charge < -0.3 is 34.9 Å². The first-order valence-corrected chi connectivity index (χ1v) is 19.5. The van der Waals surface area contributed by atoms with Gasteiger partial charge >= 0.3 is 6.01 Å². The summed E-state index contributed by atoms with van der Waals surface area (Å²) < 4.78 is 51.0. The largest absolute Gasteiger partial charge is 0.463 e. The van der Waals surface area contributed by atoms with Gasteiger partial charge in [-0.15, -0.1) is 11.3 Å². The van der Waals surface area contributed by atoms with Crippen molar-refractivity contribution in [1.29, 1.82) is 5.26 Å². The van der Waals surface area contributed by atoms with Gasteiger partial charge in [-0.2, -0.15) is 15.2 Å². The van der Waals surface area contributed by atoms with Crippen molar-refractivity contribution < 1.29 is 28.1 Å². The standard InChI is InChI=1S/C38H42F2N8O4S/c1-20(49)10-46-11-21-2-3-22(12-46)48(21)35-29-25-14-51-13-24(25)27(31-28-23(8-41)34(42)53-33(28)26(39)9-43-31)30(40)32(29)44-36(45-35)52-19-37(4-5-37)15-47-16-38(17-47)6-7-50-18-38/h9,20-22,49H,2-7,10-19,42H2,1H3/t20-,21?,22?/m1/s1. The number of aromatic nitrogens is 3. The minimum Gasteiger partial charge on any atom is -0.463 e. The number of nitrogens with zero attached hydrogens (tertiary/aromatic N) is 7. The second kappa shape index (κ2) is 12.4. The van der Waals surface area contributed by atoms with Crippen LogP contribution in [0.2, 0.25) is 0 Å². The Labute approximate surface area is 309 Å². The SMILES string of the molecule is C[C@@H](O)CN1CC2CCC(C1)N2c1nc(OCC2(CN3CC4(CCOC4)C3)CC2)nc2c(F)c(-c3ncc(F)c4sc(N)c(C#N)c34)c3c(c12)COC3. The Bertz CT molecular complexity index is 2180. The number of pyridine rings is 1. The number of nitrogens with two attached hydrogens (primary N) is 1. The number of hydrogen-bond acceptors (Lipinski definition) is 13. The summed E-state index contributed by atoms with van der Waals surface area (Å²) in [4.78, 5) is 21.4. The van der Waals surface area contributed by atoms with Gasteiger partial charge in [0.25, 0.3) is 0 Å². The quantitative estimate of drug-likeness (QED) is 0.247. The van der Waals surface area contributed by atoms with E-state index in [-0.39, 0.29) is 74.1 Å². The van der Waals surface area contributed by atoms with Crippen molar-refractivity contribution in [2.75, 3.05) is 69.7 Å². The molecule has 3 aromatic heterocycles. The number of aliphatic hydroxyl groups is 1. The van der Waals surface area contributed by atoms with Crippen LogP contribution in [0.1, 0.15) is 55.7 Å². The molecule has 2 bridgehead atoms. The number of thiophene rings is 1. The van der Waals surface area contributed by atoms with E-state index in [1.807, 2.05) is 6.92 Å². The van der Waals surface area contributed by atoms with Crippen molar-refractivity contribution in [3.05, 3.63) is 34.5 Å². The van der Waals surface area contributed by atoms with E-state index in [0.717, 1.165) is 101 Å². The highest BCUT2D eigenvalue weighted by Gasteiger charge is 2.52. The first-order valence-electron chi connectivity index (χ1n) is 18.7. The Hall–Kier alpha value is -3.78. The molecule has 4 saturated heterocycles. The fraction of sp³-hybridized carbons (Fsp3) is 0.579. The summed E-state index contributed by atoms with van der Waals surface area (Å²) >= 11 is 0.951. The smallest absolute Gasteiger partial charge is 0.319 e. The second-order valence-electron chi connectivity index (χ2n) is 16.4. The number of halogens is 2. The lowest BCUT2D eigenvalue weighted by Crippen LogP contribution is -2.58. The maximum absolute atomic E-state index is 17.6. The number of nitrogen functional groups attached to an aromatic ring is 1. The zero-order valence-corrected chi connectivity index (χ0v) is 30.5. The van der Waals surface area contributed by atoms with E-state index in [1.165, 1.54) is 0 Å². The minimum atomic E-state index is -0.641. The zero-order valence-electron chi connectivity index (χ0n) is 29.7. The lowest BCUT2D eigenvalue weighted by molar-refractivity contribution is -0.0239. The number of rotatable bonds is 9. The van der Waals surface area contributed by atoms with E-state index >= 15 is 8.78 Å². The molecule has 10 rings (SSSR count). The van der Waals surface area contributed by atoms with Crippen LogP contribution < -0.4 is 15.4 Å². The summed E-state index contributed by atoms with van der Waals surface area (Å²) in [5.41, 5.74) is 8.24. The fourth-order valence-electron chi connectivity index (χ4n) is 9.87. The number of likely N-dealkylation sites (tertiary alicyclic amines) is 2. The minimum absolute atomic E-state index is 0.00309. The third-order valence-corrected chi connectivity index (χ3v) is 13.5. The Kier molecular flexibility index (Phi) is 7.88. The number of β-amino-alcohol motifs (C(OH)–C–C–N with tert-alkyl or cyclic N) is 1. The van der Waals surface area contributed by atoms with Crippen molar-refractivity contribution in [3.63, 3.8) is 0 Å². The van der Waals surface area contributed by atoms with Crippen LogP contribution >= 0.6 is 11.3 Å². The molecule has 2 unspecified atom stereocenters. The highest BCUT2D eigenvalue weighted by Crippen LogP contribution is 2.51. The van der Waals surface area contributed by atoms with Crippen molar-refractivity contribution in [1.82, 2.24) is 24.8 Å². The topological polar surface area (TPSA) is 146 Å². The van der Waals surface area contributed by atoms with Gasteiger partial charge in [-0.1, -0.05) is 0 Å². The van der Waals surface area contributed by atoms with Crippen LogP contribution in [0.5, 0.6) is 6.01 Å². The molecule has 4 aromatic rings. The van der Waals surface area contributed by atoms with Crippen LogP contribution in [0, 0.1) is 33.8 Å². The van der Waals surface area contributed by atoms with Crippen LogP contribution in [-0.4, -0.2) is 107 Å². The van der Waals surface area contributed by atoms with E-state index in [9.17, 15) is 10.4 Å². The monoisotopic (exact) mass is 744 g/mol. The molecule has 1 saturated carbocycles. The lowest BCUT2D eigenvalue weighted by Gasteiger charge is -2.48. The number of ether oxygens (including phenoxy) is 3. The number of anilines is 2. The molecule has 5 fully saturated rings. The average Bonchev–Trinajstić information content (AvgIpc) is 3.49. The molecular weight excluding hydrogens is 703 g/mol. The van der Waals surface area contributed by atoms with Crippen molar-refractivity contribution in [2.45, 2.75) is 70.4 Å². The van der Waals surface area contributed by atoms with E-state index in [1.54, 1.807) is 0 Å². The van der Waals surface area contributed by atoms with Gasteiger partial charge in [0, 0.05) is 79.7 Å². The van der Waals surface area contributed by atoms with Crippen molar-refractivity contribution >= 4 is 43.1 Å². The molecule has 8 heterocycles. The van der Waals surface area contributed by atoms with Crippen molar-refractivity contribution in [2.24, 2.45) is 10.8 Å². The molecule has 0 radical (unpaired) electrons. The van der Waals surface area contributed by atoms with Gasteiger partial charge in [0.05, 0.1) is 60.1 Å². The maximum atomic E-state index is 17.6. The molecule has 278 valence electrons. The van der Waals surface area contributed by atoms with Crippen LogP contribution in [-0.2, 0) is 22.7 Å². The Morgan fingerprint density at radius 1 is 1.09 bits per heavy atom. The predicted octanol–water partition coefficient (Wildman–Crippen LogP) is 4.58. The van der Waals surface area contributed by atoms with Gasteiger partial charge in [-0.05, 0) is 50.2 Å². The van der Waals surface area contributed by atoms with Crippen LogP contribution in [0.25, 0.3) is 32.2 Å². The van der Waals surface area contributed by atoms with Crippen LogP contribution in [0.3, 0.4) is 0 Å². The molecule has 1 spiro atoms. The number of hydrogen-bond donors (Lipinski definition) is 2. The molecular formula is C38H42F2N8O4S. The highest BCUT2D eigenvalue weighted by molar-refractivity contribution is 7.23. The van der Waals surface area contributed by atoms with Gasteiger partial charge in [0.1, 0.15) is 22.4 Å². The summed E-state index contributed by atoms with van der Waals surface area (Å²) in [6, 6.07) is 2.42. The predicted molar refractivity (Wildman–Crippen MR) is 195 cm³/mol. The molecule has 6 aliphatic rings. The molecule has 5 aliphatic heterocycles. The zero-order chi connectivity index (χ0) is 36.2. The number of benzene rings is 1. The fourth-order valence-corrected chi connectivity index (χ4v) is 10.8. The summed E-state index contributed by atoms with van der Waals surface area (Å²) in [6.45, 7) is 9.36. The number of aliphatic hydroxyl groups excluding tert-OH is 1. The van der Waals surface area contributed by atoms with Crippen molar-refractivity contribution in [3.8, 4) is 23.3 Å². The third kappa shape index (κ3) is 5.47.